The van der Waals surface area contributed by atoms with Gasteiger partial charge in [-0.15, -0.1) is 5.11 Å². The number of carbonyl (C=O) groups is 2. The molecule has 0 saturated heterocycles. The van der Waals surface area contributed by atoms with Gasteiger partial charge in [0.05, 0.1) is 24.5 Å². The molecule has 0 fully saturated rings. The van der Waals surface area contributed by atoms with E-state index in [1.165, 1.54) is 12.1 Å². The Kier molecular flexibility index (Phi) is 8.07. The zero-order valence-corrected chi connectivity index (χ0v) is 18.2. The van der Waals surface area contributed by atoms with Crippen molar-refractivity contribution < 1.29 is 24.2 Å². The molecule has 0 atom stereocenters. The Morgan fingerprint density at radius 3 is 2.42 bits per heavy atom. The number of carbonyl (C=O) groups excluding carboxylic acids is 2. The van der Waals surface area contributed by atoms with Crippen molar-refractivity contribution >= 4 is 23.1 Å². The zero-order valence-electron chi connectivity index (χ0n) is 18.2. The zero-order chi connectivity index (χ0) is 23.6. The van der Waals surface area contributed by atoms with Crippen LogP contribution in [0.15, 0.2) is 89.6 Å². The van der Waals surface area contributed by atoms with E-state index >= 15 is 0 Å². The van der Waals surface area contributed by atoms with E-state index < -0.39 is 5.97 Å². The van der Waals surface area contributed by atoms with E-state index in [-0.39, 0.29) is 23.7 Å². The van der Waals surface area contributed by atoms with E-state index in [1.54, 1.807) is 36.4 Å². The van der Waals surface area contributed by atoms with Gasteiger partial charge in [0, 0.05) is 24.1 Å². The maximum absolute atomic E-state index is 12.8. The number of phenols is 1. The summed E-state index contributed by atoms with van der Waals surface area (Å²) in [6.07, 6.45) is 1.69. The average Bonchev–Trinajstić information content (AvgIpc) is 2.84. The molecule has 0 radical (unpaired) electrons. The lowest BCUT2D eigenvalue weighted by atomic mass is 10.0. The molecule has 0 saturated carbocycles. The molecular weight excluding hydrogens is 420 g/mol. The second kappa shape index (κ2) is 11.4. The summed E-state index contributed by atoms with van der Waals surface area (Å²) in [6.45, 7) is 5.79. The highest BCUT2D eigenvalue weighted by atomic mass is 16.5. The monoisotopic (exact) mass is 444 g/mol. The van der Waals surface area contributed by atoms with Crippen LogP contribution >= 0.6 is 0 Å². The standard InChI is InChI=1S/C26H24N2O5/c1-3-25(30)33-15-14-18-10-12-20(13-11-18)27-28-22-16-21(23(29)17-24(22)32-4-2)26(31)19-8-6-5-7-9-19/h3,5-13,16-17,29H,1,4,14-15H2,2H3. The first-order valence-corrected chi connectivity index (χ1v) is 10.4. The molecule has 0 bridgehead atoms. The van der Waals surface area contributed by atoms with Crippen molar-refractivity contribution in [2.45, 2.75) is 13.3 Å². The van der Waals surface area contributed by atoms with E-state index in [0.29, 0.717) is 35.7 Å². The van der Waals surface area contributed by atoms with Crippen molar-refractivity contribution in [1.29, 1.82) is 0 Å². The summed E-state index contributed by atoms with van der Waals surface area (Å²) in [5.74, 6) is -0.643. The molecule has 0 aliphatic rings. The summed E-state index contributed by atoms with van der Waals surface area (Å²) < 4.78 is 10.5. The molecule has 3 rings (SSSR count). The molecule has 7 heteroatoms. The third-order valence-electron chi connectivity index (χ3n) is 4.67. The number of ether oxygens (including phenoxy) is 2. The molecule has 3 aromatic rings. The minimum Gasteiger partial charge on any atom is -0.507 e. The first kappa shape index (κ1) is 23.4. The molecule has 0 aliphatic carbocycles. The van der Waals surface area contributed by atoms with Gasteiger partial charge in [-0.1, -0.05) is 49.0 Å². The van der Waals surface area contributed by atoms with E-state index in [4.69, 9.17) is 9.47 Å². The fourth-order valence-electron chi connectivity index (χ4n) is 3.00. The van der Waals surface area contributed by atoms with Crippen molar-refractivity contribution in [3.63, 3.8) is 0 Å². The fraction of sp³-hybridized carbons (Fsp3) is 0.154. The normalized spacial score (nSPS) is 10.7. The highest BCUT2D eigenvalue weighted by Gasteiger charge is 2.18. The molecule has 0 aliphatic heterocycles. The molecule has 33 heavy (non-hydrogen) atoms. The summed E-state index contributed by atoms with van der Waals surface area (Å²) in [6, 6.07) is 18.8. The van der Waals surface area contributed by atoms with Gasteiger partial charge in [0.1, 0.15) is 11.4 Å². The fourth-order valence-corrected chi connectivity index (χ4v) is 3.00. The lowest BCUT2D eigenvalue weighted by Gasteiger charge is -2.10. The Bertz CT molecular complexity index is 1160. The molecule has 1 N–H and O–H groups in total. The smallest absolute Gasteiger partial charge is 0.330 e. The highest BCUT2D eigenvalue weighted by Crippen LogP contribution is 2.36. The maximum Gasteiger partial charge on any atom is 0.330 e. The van der Waals surface area contributed by atoms with Crippen LogP contribution in [-0.2, 0) is 16.0 Å². The summed E-state index contributed by atoms with van der Waals surface area (Å²) in [5, 5.41) is 18.9. The van der Waals surface area contributed by atoms with Crippen molar-refractivity contribution in [2.24, 2.45) is 10.2 Å². The summed E-state index contributed by atoms with van der Waals surface area (Å²) in [5.41, 5.74) is 2.46. The van der Waals surface area contributed by atoms with Gasteiger partial charge in [0.2, 0.25) is 0 Å². The second-order valence-corrected chi connectivity index (χ2v) is 6.95. The number of esters is 1. The third kappa shape index (κ3) is 6.36. The quantitative estimate of drug-likeness (QED) is 0.187. The van der Waals surface area contributed by atoms with Crippen molar-refractivity contribution in [1.82, 2.24) is 0 Å². The van der Waals surface area contributed by atoms with Crippen LogP contribution in [0.5, 0.6) is 11.5 Å². The van der Waals surface area contributed by atoms with E-state index in [9.17, 15) is 14.7 Å². The summed E-state index contributed by atoms with van der Waals surface area (Å²) in [4.78, 5) is 23.9. The molecule has 0 spiro atoms. The van der Waals surface area contributed by atoms with Gasteiger partial charge in [-0.05, 0) is 30.7 Å². The van der Waals surface area contributed by atoms with Crippen LogP contribution in [0, 0.1) is 0 Å². The van der Waals surface area contributed by atoms with Crippen molar-refractivity contribution in [2.75, 3.05) is 13.2 Å². The largest absolute Gasteiger partial charge is 0.507 e. The summed E-state index contributed by atoms with van der Waals surface area (Å²) >= 11 is 0. The van der Waals surface area contributed by atoms with E-state index in [1.807, 2.05) is 25.1 Å². The predicted molar refractivity (Wildman–Crippen MR) is 125 cm³/mol. The van der Waals surface area contributed by atoms with E-state index in [0.717, 1.165) is 11.6 Å². The topological polar surface area (TPSA) is 97.6 Å². The van der Waals surface area contributed by atoms with E-state index in [2.05, 4.69) is 16.8 Å². The van der Waals surface area contributed by atoms with Gasteiger partial charge in [0.25, 0.3) is 0 Å². The summed E-state index contributed by atoms with van der Waals surface area (Å²) in [7, 11) is 0. The van der Waals surface area contributed by atoms with Crippen LogP contribution in [0.4, 0.5) is 11.4 Å². The number of hydrogen-bond acceptors (Lipinski definition) is 7. The van der Waals surface area contributed by atoms with Crippen LogP contribution in [0.2, 0.25) is 0 Å². The third-order valence-corrected chi connectivity index (χ3v) is 4.67. The molecule has 7 nitrogen and oxygen atoms in total. The van der Waals surface area contributed by atoms with Crippen molar-refractivity contribution in [3.8, 4) is 11.5 Å². The molecule has 3 aromatic carbocycles. The Morgan fingerprint density at radius 2 is 1.76 bits per heavy atom. The highest BCUT2D eigenvalue weighted by molar-refractivity contribution is 6.11. The Hall–Kier alpha value is -4.26. The Morgan fingerprint density at radius 1 is 1.03 bits per heavy atom. The number of aromatic hydroxyl groups is 1. The van der Waals surface area contributed by atoms with Gasteiger partial charge in [-0.2, -0.15) is 5.11 Å². The lowest BCUT2D eigenvalue weighted by molar-refractivity contribution is -0.137. The first-order chi connectivity index (χ1) is 16.0. The van der Waals surface area contributed by atoms with Gasteiger partial charge in [-0.25, -0.2) is 4.79 Å². The van der Waals surface area contributed by atoms with Gasteiger partial charge < -0.3 is 14.6 Å². The van der Waals surface area contributed by atoms with Gasteiger partial charge in [0.15, 0.2) is 11.5 Å². The molecule has 168 valence electrons. The molecule has 0 heterocycles. The van der Waals surface area contributed by atoms with Gasteiger partial charge >= 0.3 is 5.97 Å². The number of nitrogens with zero attached hydrogens (tertiary/aromatic N) is 2. The molecule has 0 unspecified atom stereocenters. The number of benzene rings is 3. The average molecular weight is 444 g/mol. The lowest BCUT2D eigenvalue weighted by Crippen LogP contribution is -2.04. The minimum atomic E-state index is -0.454. The predicted octanol–water partition coefficient (Wildman–Crippen LogP) is 5.71. The van der Waals surface area contributed by atoms with Crippen LogP contribution in [0.3, 0.4) is 0 Å². The Labute approximate surface area is 192 Å². The number of ketones is 1. The Balaban J connectivity index is 1.80. The first-order valence-electron chi connectivity index (χ1n) is 10.4. The second-order valence-electron chi connectivity index (χ2n) is 6.95. The van der Waals surface area contributed by atoms with Crippen LogP contribution < -0.4 is 4.74 Å². The molecular formula is C26H24N2O5. The maximum atomic E-state index is 12.8. The van der Waals surface area contributed by atoms with Gasteiger partial charge in [-0.3, -0.25) is 4.79 Å². The van der Waals surface area contributed by atoms with Crippen LogP contribution in [0.1, 0.15) is 28.4 Å². The number of azo groups is 1. The number of rotatable bonds is 10. The van der Waals surface area contributed by atoms with Crippen molar-refractivity contribution in [3.05, 3.63) is 96.1 Å². The molecule has 0 amide bonds. The SMILES string of the molecule is C=CC(=O)OCCc1ccc(N=Nc2cc(C(=O)c3ccccc3)c(O)cc2OCC)cc1. The number of phenolic OH excluding ortho intramolecular Hbond substituents is 1. The van der Waals surface area contributed by atoms with Crippen LogP contribution in [0.25, 0.3) is 0 Å². The molecule has 0 aromatic heterocycles. The van der Waals surface area contributed by atoms with Crippen LogP contribution in [-0.4, -0.2) is 30.1 Å². The number of hydrogen-bond donors (Lipinski definition) is 1. The minimum absolute atomic E-state index is 0.114.